The molecule has 19 heavy (non-hydrogen) atoms. The predicted octanol–water partition coefficient (Wildman–Crippen LogP) is 3.47. The number of ether oxygens (including phenoxy) is 1. The molecular formula is C17H25NO. The van der Waals surface area contributed by atoms with Crippen LogP contribution in [0.4, 0.5) is 0 Å². The number of benzene rings is 1. The fourth-order valence-electron chi connectivity index (χ4n) is 3.09. The Hall–Kier alpha value is -1.02. The monoisotopic (exact) mass is 259 g/mol. The van der Waals surface area contributed by atoms with Gasteiger partial charge in [0.1, 0.15) is 11.9 Å². The van der Waals surface area contributed by atoms with E-state index in [1.165, 1.54) is 30.4 Å². The molecule has 1 saturated carbocycles. The third-order valence-corrected chi connectivity index (χ3v) is 4.48. The van der Waals surface area contributed by atoms with Gasteiger partial charge in [-0.2, -0.15) is 0 Å². The summed E-state index contributed by atoms with van der Waals surface area (Å²) in [6.07, 6.45) is 6.79. The maximum Gasteiger partial charge on any atom is 0.123 e. The topological polar surface area (TPSA) is 21.3 Å². The fraction of sp³-hybridized carbons (Fsp3) is 0.647. The van der Waals surface area contributed by atoms with Gasteiger partial charge in [-0.15, -0.1) is 0 Å². The van der Waals surface area contributed by atoms with Crippen molar-refractivity contribution in [1.29, 1.82) is 0 Å². The molecule has 2 nitrogen and oxygen atoms in total. The quantitative estimate of drug-likeness (QED) is 0.874. The molecule has 1 aliphatic carbocycles. The average Bonchev–Trinajstić information content (AvgIpc) is 2.68. The molecule has 1 heterocycles. The van der Waals surface area contributed by atoms with E-state index in [9.17, 15) is 0 Å². The Kier molecular flexibility index (Phi) is 3.79. The first kappa shape index (κ1) is 13.0. The van der Waals surface area contributed by atoms with E-state index in [1.807, 2.05) is 0 Å². The van der Waals surface area contributed by atoms with Crippen molar-refractivity contribution in [3.63, 3.8) is 0 Å². The van der Waals surface area contributed by atoms with Crippen molar-refractivity contribution in [1.82, 2.24) is 5.32 Å². The van der Waals surface area contributed by atoms with E-state index in [-0.39, 0.29) is 0 Å². The van der Waals surface area contributed by atoms with Gasteiger partial charge in [0.25, 0.3) is 0 Å². The van der Waals surface area contributed by atoms with Crippen LogP contribution in [-0.2, 0) is 6.42 Å². The Morgan fingerprint density at radius 2 is 2.21 bits per heavy atom. The van der Waals surface area contributed by atoms with Gasteiger partial charge in [-0.25, -0.2) is 0 Å². The Labute approximate surface area is 116 Å². The zero-order valence-electron chi connectivity index (χ0n) is 12.1. The van der Waals surface area contributed by atoms with E-state index >= 15 is 0 Å². The van der Waals surface area contributed by atoms with Crippen molar-refractivity contribution in [2.24, 2.45) is 5.92 Å². The molecule has 0 saturated heterocycles. The number of hydrogen-bond acceptors (Lipinski definition) is 2. The largest absolute Gasteiger partial charge is 0.490 e. The van der Waals surface area contributed by atoms with Crippen molar-refractivity contribution in [2.75, 3.05) is 6.54 Å². The molecule has 104 valence electrons. The smallest absolute Gasteiger partial charge is 0.123 e. The lowest BCUT2D eigenvalue weighted by Gasteiger charge is -2.28. The lowest BCUT2D eigenvalue weighted by Crippen LogP contribution is -2.38. The van der Waals surface area contributed by atoms with Gasteiger partial charge in [0.2, 0.25) is 0 Å². The molecule has 0 spiro atoms. The first-order chi connectivity index (χ1) is 9.20. The molecule has 1 fully saturated rings. The minimum atomic E-state index is 0.384. The first-order valence-corrected chi connectivity index (χ1v) is 7.70. The summed E-state index contributed by atoms with van der Waals surface area (Å²) in [6.45, 7) is 5.63. The van der Waals surface area contributed by atoms with Gasteiger partial charge < -0.3 is 10.1 Å². The van der Waals surface area contributed by atoms with Crippen molar-refractivity contribution < 1.29 is 4.74 Å². The molecule has 0 aromatic heterocycles. The van der Waals surface area contributed by atoms with Gasteiger partial charge in [-0.05, 0) is 50.3 Å². The molecule has 0 radical (unpaired) electrons. The second-order valence-electron chi connectivity index (χ2n) is 6.43. The van der Waals surface area contributed by atoms with Gasteiger partial charge in [0.15, 0.2) is 0 Å². The highest BCUT2D eigenvalue weighted by Crippen LogP contribution is 2.31. The summed E-state index contributed by atoms with van der Waals surface area (Å²) in [5.74, 6) is 1.80. The SMILES string of the molecule is Cc1ccc2c(c1)CC(CC(C)CNC1CCC1)O2. The van der Waals surface area contributed by atoms with E-state index in [0.29, 0.717) is 12.0 Å². The molecule has 2 unspecified atom stereocenters. The van der Waals surface area contributed by atoms with Crippen LogP contribution < -0.4 is 10.1 Å². The predicted molar refractivity (Wildman–Crippen MR) is 78.7 cm³/mol. The molecule has 2 aliphatic rings. The highest BCUT2D eigenvalue weighted by molar-refractivity contribution is 5.40. The van der Waals surface area contributed by atoms with Crippen LogP contribution in [0.5, 0.6) is 5.75 Å². The van der Waals surface area contributed by atoms with E-state index in [4.69, 9.17) is 4.74 Å². The third-order valence-electron chi connectivity index (χ3n) is 4.48. The van der Waals surface area contributed by atoms with Crippen molar-refractivity contribution in [3.05, 3.63) is 29.3 Å². The summed E-state index contributed by atoms with van der Waals surface area (Å²) in [7, 11) is 0. The van der Waals surface area contributed by atoms with Crippen LogP contribution in [0.3, 0.4) is 0 Å². The molecule has 3 rings (SSSR count). The van der Waals surface area contributed by atoms with Gasteiger partial charge >= 0.3 is 0 Å². The van der Waals surface area contributed by atoms with Gasteiger partial charge in [-0.1, -0.05) is 31.0 Å². The zero-order chi connectivity index (χ0) is 13.2. The van der Waals surface area contributed by atoms with Crippen LogP contribution >= 0.6 is 0 Å². The number of hydrogen-bond donors (Lipinski definition) is 1. The Bertz CT molecular complexity index is 439. The molecule has 1 N–H and O–H groups in total. The summed E-state index contributed by atoms with van der Waals surface area (Å²) in [4.78, 5) is 0. The van der Waals surface area contributed by atoms with E-state index in [0.717, 1.165) is 31.2 Å². The lowest BCUT2D eigenvalue weighted by atomic mass is 9.92. The van der Waals surface area contributed by atoms with Crippen LogP contribution in [-0.4, -0.2) is 18.7 Å². The standard InChI is InChI=1S/C17H25NO/c1-12-6-7-17-14(8-12)10-16(19-17)9-13(2)11-18-15-4-3-5-15/h6-8,13,15-16,18H,3-5,9-11H2,1-2H3. The molecule has 2 atom stereocenters. The normalized spacial score (nSPS) is 23.6. The number of nitrogens with one attached hydrogen (secondary N) is 1. The lowest BCUT2D eigenvalue weighted by molar-refractivity contribution is 0.192. The van der Waals surface area contributed by atoms with Crippen LogP contribution in [0.25, 0.3) is 0 Å². The second-order valence-corrected chi connectivity index (χ2v) is 6.43. The highest BCUT2D eigenvalue weighted by atomic mass is 16.5. The van der Waals surface area contributed by atoms with Crippen molar-refractivity contribution >= 4 is 0 Å². The van der Waals surface area contributed by atoms with Gasteiger partial charge in [-0.3, -0.25) is 0 Å². The number of aryl methyl sites for hydroxylation is 1. The fourth-order valence-corrected chi connectivity index (χ4v) is 3.09. The van der Waals surface area contributed by atoms with Crippen LogP contribution in [0.2, 0.25) is 0 Å². The molecule has 1 aliphatic heterocycles. The number of fused-ring (bicyclic) bond motifs is 1. The molecular weight excluding hydrogens is 234 g/mol. The van der Waals surface area contributed by atoms with E-state index in [1.54, 1.807) is 0 Å². The molecule has 1 aromatic carbocycles. The summed E-state index contributed by atoms with van der Waals surface area (Å²) < 4.78 is 6.05. The van der Waals surface area contributed by atoms with Crippen molar-refractivity contribution in [2.45, 2.75) is 58.1 Å². The average molecular weight is 259 g/mol. The second kappa shape index (κ2) is 5.54. The van der Waals surface area contributed by atoms with Crippen LogP contribution in [0.15, 0.2) is 18.2 Å². The summed E-state index contributed by atoms with van der Waals surface area (Å²) in [5, 5.41) is 3.67. The summed E-state index contributed by atoms with van der Waals surface area (Å²) >= 11 is 0. The summed E-state index contributed by atoms with van der Waals surface area (Å²) in [6, 6.07) is 7.34. The Morgan fingerprint density at radius 1 is 1.37 bits per heavy atom. The minimum absolute atomic E-state index is 0.384. The molecule has 1 aromatic rings. The minimum Gasteiger partial charge on any atom is -0.490 e. The highest BCUT2D eigenvalue weighted by Gasteiger charge is 2.25. The van der Waals surface area contributed by atoms with Gasteiger partial charge in [0, 0.05) is 12.5 Å². The maximum absolute atomic E-state index is 6.05. The van der Waals surface area contributed by atoms with Crippen molar-refractivity contribution in [3.8, 4) is 5.75 Å². The molecule has 2 heteroatoms. The van der Waals surface area contributed by atoms with Crippen LogP contribution in [0.1, 0.15) is 43.7 Å². The van der Waals surface area contributed by atoms with Gasteiger partial charge in [0.05, 0.1) is 0 Å². The van der Waals surface area contributed by atoms with E-state index in [2.05, 4.69) is 37.4 Å². The van der Waals surface area contributed by atoms with E-state index < -0.39 is 0 Å². The first-order valence-electron chi connectivity index (χ1n) is 7.70. The maximum atomic E-state index is 6.05. The Morgan fingerprint density at radius 3 is 2.95 bits per heavy atom. The van der Waals surface area contributed by atoms with Crippen LogP contribution in [0, 0.1) is 12.8 Å². The third kappa shape index (κ3) is 3.11. The summed E-state index contributed by atoms with van der Waals surface area (Å²) in [5.41, 5.74) is 2.73. The Balaban J connectivity index is 1.46. The zero-order valence-corrected chi connectivity index (χ0v) is 12.1. The number of rotatable bonds is 5. The molecule has 0 bridgehead atoms. The molecule has 0 amide bonds.